The molecule has 0 bridgehead atoms. The third kappa shape index (κ3) is 4.90. The second kappa shape index (κ2) is 10.1. The number of aliphatic hydroxyl groups is 2. The number of amides is 1. The molecule has 2 atom stereocenters. The molecule has 0 saturated heterocycles. The maximum atomic E-state index is 13.9. The summed E-state index contributed by atoms with van der Waals surface area (Å²) >= 11 is 0. The van der Waals surface area contributed by atoms with Gasteiger partial charge >= 0.3 is 6.09 Å². The average Bonchev–Trinajstić information content (AvgIpc) is 3.16. The lowest BCUT2D eigenvalue weighted by atomic mass is 9.98. The van der Waals surface area contributed by atoms with Gasteiger partial charge in [0.2, 0.25) is 0 Å². The van der Waals surface area contributed by atoms with Crippen LogP contribution >= 0.6 is 0 Å². The number of carbonyl (C=O) groups excluding carboxylic acids is 1. The monoisotopic (exact) mass is 450 g/mol. The van der Waals surface area contributed by atoms with Crippen LogP contribution in [0.5, 0.6) is 0 Å². The SMILES string of the molecule is NCc1ccc(C(O)C(O)CCNC(=O)OCC2c3ccccc3-c3ccccc32)cc1F. The largest absolute Gasteiger partial charge is 0.449 e. The molecular weight excluding hydrogens is 423 g/mol. The van der Waals surface area contributed by atoms with Gasteiger partial charge in [-0.05, 0) is 40.3 Å². The van der Waals surface area contributed by atoms with Gasteiger partial charge in [-0.25, -0.2) is 9.18 Å². The highest BCUT2D eigenvalue weighted by Gasteiger charge is 2.29. The second-order valence-corrected chi connectivity index (χ2v) is 8.11. The van der Waals surface area contributed by atoms with Gasteiger partial charge in [-0.15, -0.1) is 0 Å². The van der Waals surface area contributed by atoms with E-state index in [1.54, 1.807) is 0 Å². The Morgan fingerprint density at radius 1 is 1.03 bits per heavy atom. The van der Waals surface area contributed by atoms with Crippen LogP contribution in [0.15, 0.2) is 66.7 Å². The van der Waals surface area contributed by atoms with Crippen molar-refractivity contribution >= 4 is 6.09 Å². The minimum absolute atomic E-state index is 0.0399. The molecule has 3 aromatic rings. The minimum Gasteiger partial charge on any atom is -0.449 e. The van der Waals surface area contributed by atoms with Crippen molar-refractivity contribution in [2.45, 2.75) is 31.1 Å². The summed E-state index contributed by atoms with van der Waals surface area (Å²) in [5.41, 5.74) is 10.6. The van der Waals surface area contributed by atoms with Gasteiger partial charge in [0.25, 0.3) is 0 Å². The van der Waals surface area contributed by atoms with Gasteiger partial charge in [0, 0.05) is 24.6 Å². The summed E-state index contributed by atoms with van der Waals surface area (Å²) in [5.74, 6) is -0.569. The first-order valence-electron chi connectivity index (χ1n) is 10.9. The minimum atomic E-state index is -1.28. The Balaban J connectivity index is 1.28. The number of nitrogens with two attached hydrogens (primary N) is 1. The molecule has 1 aliphatic carbocycles. The Labute approximate surface area is 191 Å². The number of benzene rings is 3. The van der Waals surface area contributed by atoms with Crippen LogP contribution in [0, 0.1) is 5.82 Å². The van der Waals surface area contributed by atoms with Crippen molar-refractivity contribution < 1.29 is 24.1 Å². The van der Waals surface area contributed by atoms with Crippen LogP contribution in [0.25, 0.3) is 11.1 Å². The summed E-state index contributed by atoms with van der Waals surface area (Å²) in [5, 5.41) is 23.1. The Hall–Kier alpha value is -3.26. The van der Waals surface area contributed by atoms with E-state index in [4.69, 9.17) is 10.5 Å². The van der Waals surface area contributed by atoms with Crippen molar-refractivity contribution in [1.29, 1.82) is 0 Å². The fourth-order valence-corrected chi connectivity index (χ4v) is 4.26. The fraction of sp³-hybridized carbons (Fsp3) is 0.269. The van der Waals surface area contributed by atoms with Crippen molar-refractivity contribution in [3.05, 3.63) is 94.8 Å². The first kappa shape index (κ1) is 22.9. The van der Waals surface area contributed by atoms with Crippen molar-refractivity contribution in [2.75, 3.05) is 13.2 Å². The number of rotatable bonds is 8. The molecule has 6 nitrogen and oxygen atoms in total. The molecule has 0 spiro atoms. The van der Waals surface area contributed by atoms with Gasteiger partial charge in [0.15, 0.2) is 0 Å². The summed E-state index contributed by atoms with van der Waals surface area (Å²) in [6.45, 7) is 0.338. The zero-order chi connectivity index (χ0) is 23.4. The van der Waals surface area contributed by atoms with Crippen LogP contribution in [0.1, 0.15) is 40.7 Å². The second-order valence-electron chi connectivity index (χ2n) is 8.11. The molecule has 4 rings (SSSR count). The maximum Gasteiger partial charge on any atom is 0.407 e. The van der Waals surface area contributed by atoms with Crippen LogP contribution in [0.3, 0.4) is 0 Å². The van der Waals surface area contributed by atoms with E-state index in [0.717, 1.165) is 28.3 Å². The number of alkyl carbamates (subject to hydrolysis) is 1. The highest BCUT2D eigenvalue weighted by molar-refractivity contribution is 5.79. The van der Waals surface area contributed by atoms with Gasteiger partial charge < -0.3 is 26.0 Å². The van der Waals surface area contributed by atoms with Crippen LogP contribution in [0.4, 0.5) is 9.18 Å². The van der Waals surface area contributed by atoms with Crippen LogP contribution in [-0.4, -0.2) is 35.6 Å². The highest BCUT2D eigenvalue weighted by Crippen LogP contribution is 2.44. The molecule has 7 heteroatoms. The van der Waals surface area contributed by atoms with Crippen molar-refractivity contribution in [1.82, 2.24) is 5.32 Å². The third-order valence-electron chi connectivity index (χ3n) is 6.06. The molecule has 0 aliphatic heterocycles. The number of carbonyl (C=O) groups is 1. The van der Waals surface area contributed by atoms with E-state index >= 15 is 0 Å². The molecule has 2 unspecified atom stereocenters. The van der Waals surface area contributed by atoms with E-state index in [0.29, 0.717) is 5.56 Å². The van der Waals surface area contributed by atoms with Gasteiger partial charge in [-0.1, -0.05) is 60.7 Å². The van der Waals surface area contributed by atoms with Crippen LogP contribution in [-0.2, 0) is 11.3 Å². The van der Waals surface area contributed by atoms with E-state index in [-0.39, 0.29) is 37.6 Å². The van der Waals surface area contributed by atoms with E-state index in [1.165, 1.54) is 12.1 Å². The third-order valence-corrected chi connectivity index (χ3v) is 6.06. The lowest BCUT2D eigenvalue weighted by Crippen LogP contribution is -2.30. The lowest BCUT2D eigenvalue weighted by Gasteiger charge is -2.19. The quantitative estimate of drug-likeness (QED) is 0.420. The summed E-state index contributed by atoms with van der Waals surface area (Å²) < 4.78 is 19.3. The molecule has 0 heterocycles. The predicted molar refractivity (Wildman–Crippen MR) is 123 cm³/mol. The fourth-order valence-electron chi connectivity index (χ4n) is 4.26. The number of fused-ring (bicyclic) bond motifs is 3. The van der Waals surface area contributed by atoms with Crippen molar-refractivity contribution in [2.24, 2.45) is 5.73 Å². The lowest BCUT2D eigenvalue weighted by molar-refractivity contribution is 0.0135. The molecule has 0 radical (unpaired) electrons. The number of halogens is 1. The number of aliphatic hydroxyl groups excluding tert-OH is 2. The number of hydrogen-bond acceptors (Lipinski definition) is 5. The van der Waals surface area contributed by atoms with Gasteiger partial charge in [-0.3, -0.25) is 0 Å². The Bertz CT molecular complexity index is 1090. The van der Waals surface area contributed by atoms with E-state index in [1.807, 2.05) is 36.4 Å². The normalized spacial score (nSPS) is 14.3. The number of hydrogen-bond donors (Lipinski definition) is 4. The zero-order valence-electron chi connectivity index (χ0n) is 18.1. The van der Waals surface area contributed by atoms with E-state index < -0.39 is 24.1 Å². The van der Waals surface area contributed by atoms with Gasteiger partial charge in [-0.2, -0.15) is 0 Å². The molecule has 3 aromatic carbocycles. The van der Waals surface area contributed by atoms with Gasteiger partial charge in [0.05, 0.1) is 6.10 Å². The molecule has 5 N–H and O–H groups in total. The van der Waals surface area contributed by atoms with Crippen molar-refractivity contribution in [3.8, 4) is 11.1 Å². The Morgan fingerprint density at radius 2 is 1.67 bits per heavy atom. The van der Waals surface area contributed by atoms with Gasteiger partial charge in [0.1, 0.15) is 18.5 Å². The zero-order valence-corrected chi connectivity index (χ0v) is 18.1. The molecule has 0 aromatic heterocycles. The highest BCUT2D eigenvalue weighted by atomic mass is 19.1. The number of nitrogens with one attached hydrogen (secondary N) is 1. The standard InChI is InChI=1S/C26H27FN2O4/c27-23-13-16(9-10-17(23)14-28)25(31)24(30)11-12-29-26(32)33-15-22-20-7-3-1-5-18(20)19-6-2-4-8-21(19)22/h1-10,13,22,24-25,30-31H,11-12,14-15,28H2,(H,29,32). The molecule has 0 fully saturated rings. The molecule has 33 heavy (non-hydrogen) atoms. The summed E-state index contributed by atoms with van der Waals surface area (Å²) in [6, 6.07) is 20.3. The van der Waals surface area contributed by atoms with Crippen LogP contribution < -0.4 is 11.1 Å². The van der Waals surface area contributed by atoms with Crippen molar-refractivity contribution in [3.63, 3.8) is 0 Å². The molecular formula is C26H27FN2O4. The van der Waals surface area contributed by atoms with E-state index in [9.17, 15) is 19.4 Å². The predicted octanol–water partition coefficient (Wildman–Crippen LogP) is 3.61. The summed E-state index contributed by atoms with van der Waals surface area (Å²) in [4.78, 5) is 12.2. The maximum absolute atomic E-state index is 13.9. The van der Waals surface area contributed by atoms with E-state index in [2.05, 4.69) is 17.4 Å². The first-order chi connectivity index (χ1) is 16.0. The Morgan fingerprint density at radius 3 is 2.27 bits per heavy atom. The number of ether oxygens (including phenoxy) is 1. The molecule has 1 aliphatic rings. The average molecular weight is 451 g/mol. The topological polar surface area (TPSA) is 105 Å². The molecule has 172 valence electrons. The molecule has 1 amide bonds. The smallest absolute Gasteiger partial charge is 0.407 e. The van der Waals surface area contributed by atoms with Crippen LogP contribution in [0.2, 0.25) is 0 Å². The first-order valence-corrected chi connectivity index (χ1v) is 10.9. The Kier molecular flexibility index (Phi) is 7.03. The molecule has 0 saturated carbocycles. The summed E-state index contributed by atoms with van der Waals surface area (Å²) in [7, 11) is 0. The summed E-state index contributed by atoms with van der Waals surface area (Å²) in [6.07, 6.45) is -2.99.